The zero-order chi connectivity index (χ0) is 25.7. The summed E-state index contributed by atoms with van der Waals surface area (Å²) in [7, 11) is -2.72. The highest BCUT2D eigenvalue weighted by atomic mass is 32.2. The van der Waals surface area contributed by atoms with Crippen LogP contribution in [0.2, 0.25) is 0 Å². The molecular formula is C26H36N4O5S. The Labute approximate surface area is 213 Å². The predicted octanol–water partition coefficient (Wildman–Crippen LogP) is 3.63. The van der Waals surface area contributed by atoms with E-state index in [0.717, 1.165) is 49.3 Å². The molecule has 1 saturated carbocycles. The molecular weight excluding hydrogens is 480 g/mol. The largest absolute Gasteiger partial charge is 0.342 e. The molecule has 1 aliphatic carbocycles. The first-order chi connectivity index (χ1) is 17.3. The Hall–Kier alpha value is -2.56. The fourth-order valence-corrected chi connectivity index (χ4v) is 6.67. The summed E-state index contributed by atoms with van der Waals surface area (Å²) in [6.07, 6.45) is 9.45. The number of likely N-dealkylation sites (tertiary alicyclic amines) is 1. The molecule has 4 rings (SSSR count). The number of hydrogen-bond acceptors (Lipinski definition) is 6. The summed E-state index contributed by atoms with van der Waals surface area (Å²) in [6, 6.07) is 8.36. The number of benzene rings is 1. The SMILES string of the molecule is CN(CN(O)C(=O)C[C@@H](CC1CCCC1)C(=O)N1CCCCC1)S(=O)(=O)c1cccc2cccnc12. The standard InChI is InChI=1S/C26H36N4O5S/c1-28(36(34,35)23-13-7-11-21-12-8-14-27-25(21)23)19-30(33)24(31)18-22(17-20-9-3-4-10-20)26(32)29-15-5-2-6-16-29/h7-8,11-14,20,22,33H,2-6,9-10,15-19H2,1H3/t22-/m1/s1. The van der Waals surface area contributed by atoms with Gasteiger partial charge in [-0.3, -0.25) is 19.8 Å². The Morgan fingerprint density at radius 1 is 1.08 bits per heavy atom. The average molecular weight is 517 g/mol. The van der Waals surface area contributed by atoms with Gasteiger partial charge in [0.15, 0.2) is 0 Å². The molecule has 1 aliphatic heterocycles. The van der Waals surface area contributed by atoms with Crippen LogP contribution in [0.25, 0.3) is 10.9 Å². The van der Waals surface area contributed by atoms with Crippen molar-refractivity contribution in [2.24, 2.45) is 11.8 Å². The molecule has 0 bridgehead atoms. The monoisotopic (exact) mass is 516 g/mol. The third-order valence-electron chi connectivity index (χ3n) is 7.44. The molecule has 10 heteroatoms. The summed E-state index contributed by atoms with van der Waals surface area (Å²) in [5, 5.41) is 11.6. The zero-order valence-electron chi connectivity index (χ0n) is 20.9. The molecule has 1 aromatic carbocycles. The summed E-state index contributed by atoms with van der Waals surface area (Å²) in [5.41, 5.74) is 0.325. The second-order valence-corrected chi connectivity index (χ2v) is 12.1. The quantitative estimate of drug-likeness (QED) is 0.310. The van der Waals surface area contributed by atoms with Crippen LogP contribution < -0.4 is 0 Å². The molecule has 1 aromatic heterocycles. The first-order valence-corrected chi connectivity index (χ1v) is 14.3. The summed E-state index contributed by atoms with van der Waals surface area (Å²) >= 11 is 0. The number of amides is 2. The van der Waals surface area contributed by atoms with Gasteiger partial charge in [-0.15, -0.1) is 0 Å². The van der Waals surface area contributed by atoms with E-state index in [4.69, 9.17) is 0 Å². The van der Waals surface area contributed by atoms with Crippen LogP contribution in [0.15, 0.2) is 41.4 Å². The maximum absolute atomic E-state index is 13.3. The summed E-state index contributed by atoms with van der Waals surface area (Å²) < 4.78 is 27.4. The number of aromatic nitrogens is 1. The molecule has 2 aliphatic rings. The first-order valence-electron chi connectivity index (χ1n) is 12.9. The fraction of sp³-hybridized carbons (Fsp3) is 0.577. The van der Waals surface area contributed by atoms with Gasteiger partial charge in [-0.25, -0.2) is 13.5 Å². The summed E-state index contributed by atoms with van der Waals surface area (Å²) in [6.45, 7) is 0.868. The molecule has 2 heterocycles. The second-order valence-electron chi connectivity index (χ2n) is 10.0. The van der Waals surface area contributed by atoms with Crippen LogP contribution in [-0.4, -0.2) is 71.5 Å². The minimum absolute atomic E-state index is 0.00309. The van der Waals surface area contributed by atoms with Crippen molar-refractivity contribution in [1.82, 2.24) is 19.3 Å². The highest BCUT2D eigenvalue weighted by Gasteiger charge is 2.33. The van der Waals surface area contributed by atoms with Gasteiger partial charge in [0.05, 0.1) is 5.52 Å². The van der Waals surface area contributed by atoms with Crippen LogP contribution in [0, 0.1) is 11.8 Å². The number of piperidine rings is 1. The number of fused-ring (bicyclic) bond motifs is 1. The number of sulfonamides is 1. The Morgan fingerprint density at radius 2 is 1.78 bits per heavy atom. The Balaban J connectivity index is 1.44. The average Bonchev–Trinajstić information content (AvgIpc) is 3.41. The third-order valence-corrected chi connectivity index (χ3v) is 9.26. The van der Waals surface area contributed by atoms with Crippen molar-refractivity contribution in [2.75, 3.05) is 26.8 Å². The van der Waals surface area contributed by atoms with Crippen molar-refractivity contribution in [1.29, 1.82) is 0 Å². The fourth-order valence-electron chi connectivity index (χ4n) is 5.40. The number of rotatable bonds is 9. The maximum Gasteiger partial charge on any atom is 0.247 e. The molecule has 0 spiro atoms. The van der Waals surface area contributed by atoms with Crippen LogP contribution in [-0.2, 0) is 19.6 Å². The number of carbonyl (C=O) groups is 2. The minimum Gasteiger partial charge on any atom is -0.342 e. The summed E-state index contributed by atoms with van der Waals surface area (Å²) in [4.78, 5) is 32.4. The number of para-hydroxylation sites is 1. The van der Waals surface area contributed by atoms with Gasteiger partial charge < -0.3 is 4.90 Å². The maximum atomic E-state index is 13.3. The zero-order valence-corrected chi connectivity index (χ0v) is 21.7. The van der Waals surface area contributed by atoms with Crippen molar-refractivity contribution >= 4 is 32.7 Å². The molecule has 2 aromatic rings. The molecule has 1 atom stereocenters. The summed E-state index contributed by atoms with van der Waals surface area (Å²) in [5.74, 6) is -0.768. The van der Waals surface area contributed by atoms with Gasteiger partial charge in [-0.2, -0.15) is 4.31 Å². The Morgan fingerprint density at radius 3 is 2.50 bits per heavy atom. The van der Waals surface area contributed by atoms with E-state index in [0.29, 0.717) is 41.4 Å². The van der Waals surface area contributed by atoms with Gasteiger partial charge in [0, 0.05) is 44.1 Å². The van der Waals surface area contributed by atoms with Crippen LogP contribution in [0.1, 0.15) is 57.8 Å². The van der Waals surface area contributed by atoms with E-state index in [1.54, 1.807) is 24.3 Å². The number of carbonyl (C=O) groups excluding carboxylic acids is 2. The van der Waals surface area contributed by atoms with Crippen LogP contribution in [0.5, 0.6) is 0 Å². The van der Waals surface area contributed by atoms with Crippen molar-refractivity contribution in [3.05, 3.63) is 36.5 Å². The van der Waals surface area contributed by atoms with Crippen molar-refractivity contribution in [2.45, 2.75) is 62.7 Å². The third kappa shape index (κ3) is 6.04. The lowest BCUT2D eigenvalue weighted by Crippen LogP contribution is -2.44. The van der Waals surface area contributed by atoms with Crippen molar-refractivity contribution < 1.29 is 23.2 Å². The van der Waals surface area contributed by atoms with Crippen molar-refractivity contribution in [3.63, 3.8) is 0 Å². The number of nitrogens with zero attached hydrogens (tertiary/aromatic N) is 4. The van der Waals surface area contributed by atoms with Gasteiger partial charge >= 0.3 is 0 Å². The van der Waals surface area contributed by atoms with Gasteiger partial charge in [0.25, 0.3) is 0 Å². The molecule has 36 heavy (non-hydrogen) atoms. The molecule has 2 fully saturated rings. The molecule has 0 radical (unpaired) electrons. The molecule has 1 N–H and O–H groups in total. The van der Waals surface area contributed by atoms with E-state index in [-0.39, 0.29) is 17.2 Å². The lowest BCUT2D eigenvalue weighted by molar-refractivity contribution is -0.172. The minimum atomic E-state index is -4.03. The van der Waals surface area contributed by atoms with E-state index in [1.165, 1.54) is 19.3 Å². The van der Waals surface area contributed by atoms with Gasteiger partial charge in [-0.05, 0) is 43.7 Å². The number of pyridine rings is 1. The van der Waals surface area contributed by atoms with Crippen LogP contribution in [0.3, 0.4) is 0 Å². The van der Waals surface area contributed by atoms with Gasteiger partial charge in [0.1, 0.15) is 11.6 Å². The number of hydroxylamine groups is 2. The van der Waals surface area contributed by atoms with Crippen LogP contribution in [0.4, 0.5) is 0 Å². The van der Waals surface area contributed by atoms with Gasteiger partial charge in [0.2, 0.25) is 21.8 Å². The predicted molar refractivity (Wildman–Crippen MR) is 135 cm³/mol. The normalized spacial score (nSPS) is 18.0. The lowest BCUT2D eigenvalue weighted by atomic mass is 9.89. The van der Waals surface area contributed by atoms with Crippen molar-refractivity contribution in [3.8, 4) is 0 Å². The topological polar surface area (TPSA) is 111 Å². The number of hydrogen-bond donors (Lipinski definition) is 1. The molecule has 196 valence electrons. The highest BCUT2D eigenvalue weighted by molar-refractivity contribution is 7.89. The first kappa shape index (κ1) is 26.5. The van der Waals surface area contributed by atoms with E-state index < -0.39 is 28.5 Å². The van der Waals surface area contributed by atoms with E-state index in [2.05, 4.69) is 4.98 Å². The van der Waals surface area contributed by atoms with E-state index >= 15 is 0 Å². The van der Waals surface area contributed by atoms with Crippen LogP contribution >= 0.6 is 0 Å². The van der Waals surface area contributed by atoms with E-state index in [1.807, 2.05) is 4.90 Å². The molecule has 0 unspecified atom stereocenters. The Bertz CT molecular complexity index is 1170. The Kier molecular flexibility index (Phi) is 8.58. The van der Waals surface area contributed by atoms with Gasteiger partial charge in [-0.1, -0.05) is 43.9 Å². The lowest BCUT2D eigenvalue weighted by Gasteiger charge is -2.32. The second kappa shape index (κ2) is 11.7. The molecule has 2 amide bonds. The smallest absolute Gasteiger partial charge is 0.247 e. The van der Waals surface area contributed by atoms with E-state index in [9.17, 15) is 23.2 Å². The molecule has 1 saturated heterocycles. The highest BCUT2D eigenvalue weighted by Crippen LogP contribution is 2.33. The molecule has 9 nitrogen and oxygen atoms in total.